The number of nitrogens with zero attached hydrogens (tertiary/aromatic N) is 2. The third-order valence-corrected chi connectivity index (χ3v) is 3.51. The van der Waals surface area contributed by atoms with Crippen LogP contribution in [0.3, 0.4) is 0 Å². The van der Waals surface area contributed by atoms with Gasteiger partial charge in [-0.3, -0.25) is 4.98 Å². The third-order valence-electron chi connectivity index (χ3n) is 3.51. The molecule has 25 heavy (non-hydrogen) atoms. The van der Waals surface area contributed by atoms with Crippen LogP contribution in [0.25, 0.3) is 0 Å². The minimum absolute atomic E-state index is 0.390. The van der Waals surface area contributed by atoms with Crippen molar-refractivity contribution in [3.8, 4) is 5.75 Å². The van der Waals surface area contributed by atoms with E-state index in [9.17, 15) is 0 Å². The average Bonchev–Trinajstić information content (AvgIpc) is 2.67. The van der Waals surface area contributed by atoms with Crippen LogP contribution >= 0.6 is 0 Å². The molecule has 0 aliphatic rings. The summed E-state index contributed by atoms with van der Waals surface area (Å²) in [7, 11) is 0. The fourth-order valence-electron chi connectivity index (χ4n) is 2.22. The van der Waals surface area contributed by atoms with E-state index >= 15 is 0 Å². The summed E-state index contributed by atoms with van der Waals surface area (Å²) < 4.78 is 5.72. The number of ether oxygens (including phenoxy) is 1. The van der Waals surface area contributed by atoms with Gasteiger partial charge in [-0.1, -0.05) is 36.4 Å². The molecule has 0 aliphatic carbocycles. The predicted molar refractivity (Wildman–Crippen MR) is 100 cm³/mol. The SMILES string of the molecule is NC(=NCc1ccc(OCc2ccccn2)cc1)Nc1ccccc1. The van der Waals surface area contributed by atoms with Gasteiger partial charge in [-0.25, -0.2) is 4.99 Å². The quantitative estimate of drug-likeness (QED) is 0.534. The van der Waals surface area contributed by atoms with Crippen molar-refractivity contribution in [3.05, 3.63) is 90.3 Å². The molecule has 5 heteroatoms. The second-order valence-electron chi connectivity index (χ2n) is 5.45. The molecule has 0 amide bonds. The number of hydrogen-bond acceptors (Lipinski definition) is 3. The first kappa shape index (κ1) is 16.5. The van der Waals surface area contributed by atoms with Gasteiger partial charge in [-0.2, -0.15) is 0 Å². The van der Waals surface area contributed by atoms with Crippen LogP contribution < -0.4 is 15.8 Å². The van der Waals surface area contributed by atoms with Gasteiger partial charge in [-0.05, 0) is 42.0 Å². The molecule has 1 aromatic heterocycles. The molecule has 0 bridgehead atoms. The molecule has 0 saturated heterocycles. The number of pyridine rings is 1. The molecule has 0 atom stereocenters. The maximum Gasteiger partial charge on any atom is 0.193 e. The molecule has 0 spiro atoms. The Hall–Kier alpha value is -3.34. The summed E-state index contributed by atoms with van der Waals surface area (Å²) in [4.78, 5) is 8.58. The van der Waals surface area contributed by atoms with Gasteiger partial charge in [0.2, 0.25) is 0 Å². The molecule has 0 radical (unpaired) electrons. The van der Waals surface area contributed by atoms with E-state index in [1.165, 1.54) is 0 Å². The number of benzene rings is 2. The highest BCUT2D eigenvalue weighted by Gasteiger charge is 1.98. The lowest BCUT2D eigenvalue weighted by molar-refractivity contribution is 0.301. The second-order valence-corrected chi connectivity index (χ2v) is 5.45. The topological polar surface area (TPSA) is 72.5 Å². The number of guanidine groups is 1. The van der Waals surface area contributed by atoms with E-state index in [1.807, 2.05) is 72.8 Å². The van der Waals surface area contributed by atoms with E-state index in [2.05, 4.69) is 15.3 Å². The standard InChI is InChI=1S/C20H20N4O/c21-20(24-17-6-2-1-3-7-17)23-14-16-9-11-19(12-10-16)25-15-18-8-4-5-13-22-18/h1-13H,14-15H2,(H3,21,23,24). The summed E-state index contributed by atoms with van der Waals surface area (Å²) in [5.74, 6) is 1.19. The van der Waals surface area contributed by atoms with Gasteiger partial charge in [0.1, 0.15) is 12.4 Å². The monoisotopic (exact) mass is 332 g/mol. The fraction of sp³-hybridized carbons (Fsp3) is 0.100. The number of rotatable bonds is 6. The van der Waals surface area contributed by atoms with Crippen LogP contribution in [0, 0.1) is 0 Å². The number of aliphatic imine (C=N–C) groups is 1. The molecule has 0 unspecified atom stereocenters. The molecular weight excluding hydrogens is 312 g/mol. The fourth-order valence-corrected chi connectivity index (χ4v) is 2.22. The Kier molecular flexibility index (Phi) is 5.61. The van der Waals surface area contributed by atoms with E-state index in [-0.39, 0.29) is 0 Å². The zero-order chi connectivity index (χ0) is 17.3. The van der Waals surface area contributed by atoms with Crippen molar-refractivity contribution in [1.29, 1.82) is 0 Å². The van der Waals surface area contributed by atoms with Crippen molar-refractivity contribution in [2.75, 3.05) is 5.32 Å². The lowest BCUT2D eigenvalue weighted by Gasteiger charge is -2.07. The Morgan fingerprint density at radius 1 is 0.960 bits per heavy atom. The molecule has 1 heterocycles. The summed E-state index contributed by atoms with van der Waals surface area (Å²) >= 11 is 0. The van der Waals surface area contributed by atoms with Crippen molar-refractivity contribution in [2.45, 2.75) is 13.2 Å². The molecule has 2 aromatic carbocycles. The van der Waals surface area contributed by atoms with Gasteiger partial charge in [-0.15, -0.1) is 0 Å². The zero-order valence-electron chi connectivity index (χ0n) is 13.8. The van der Waals surface area contributed by atoms with E-state index < -0.39 is 0 Å². The van der Waals surface area contributed by atoms with Crippen LogP contribution in [0.1, 0.15) is 11.3 Å². The molecule has 5 nitrogen and oxygen atoms in total. The molecular formula is C20H20N4O. The highest BCUT2D eigenvalue weighted by atomic mass is 16.5. The number of nitrogens with one attached hydrogen (secondary N) is 1. The first-order valence-electron chi connectivity index (χ1n) is 8.03. The highest BCUT2D eigenvalue weighted by Crippen LogP contribution is 2.14. The van der Waals surface area contributed by atoms with Crippen LogP contribution in [0.4, 0.5) is 5.69 Å². The van der Waals surface area contributed by atoms with Crippen molar-refractivity contribution < 1.29 is 4.74 Å². The molecule has 0 aliphatic heterocycles. The Morgan fingerprint density at radius 2 is 1.72 bits per heavy atom. The zero-order valence-corrected chi connectivity index (χ0v) is 13.8. The molecule has 3 aromatic rings. The summed E-state index contributed by atoms with van der Waals surface area (Å²) in [6.45, 7) is 0.957. The van der Waals surface area contributed by atoms with E-state index in [0.717, 1.165) is 22.7 Å². The van der Waals surface area contributed by atoms with Gasteiger partial charge in [0.05, 0.1) is 12.2 Å². The Bertz CT molecular complexity index is 802. The molecule has 3 rings (SSSR count). The summed E-state index contributed by atoms with van der Waals surface area (Å²) in [6.07, 6.45) is 1.76. The largest absolute Gasteiger partial charge is 0.487 e. The van der Waals surface area contributed by atoms with Crippen molar-refractivity contribution in [2.24, 2.45) is 10.7 Å². The normalized spacial score (nSPS) is 11.1. The Balaban J connectivity index is 1.51. The van der Waals surface area contributed by atoms with Crippen LogP contribution in [0.2, 0.25) is 0 Å². The van der Waals surface area contributed by atoms with Crippen molar-refractivity contribution >= 4 is 11.6 Å². The predicted octanol–water partition coefficient (Wildman–Crippen LogP) is 3.59. The van der Waals surface area contributed by atoms with Crippen molar-refractivity contribution in [1.82, 2.24) is 4.98 Å². The van der Waals surface area contributed by atoms with Gasteiger partial charge >= 0.3 is 0 Å². The number of hydrogen-bond donors (Lipinski definition) is 2. The smallest absolute Gasteiger partial charge is 0.193 e. The van der Waals surface area contributed by atoms with Crippen LogP contribution in [0.5, 0.6) is 5.75 Å². The van der Waals surface area contributed by atoms with Gasteiger partial charge in [0, 0.05) is 11.9 Å². The minimum Gasteiger partial charge on any atom is -0.487 e. The van der Waals surface area contributed by atoms with Gasteiger partial charge in [0.15, 0.2) is 5.96 Å². The first-order chi connectivity index (χ1) is 12.3. The average molecular weight is 332 g/mol. The number of anilines is 1. The lowest BCUT2D eigenvalue weighted by Crippen LogP contribution is -2.22. The molecule has 0 fully saturated rings. The molecule has 0 saturated carbocycles. The molecule has 3 N–H and O–H groups in total. The van der Waals surface area contributed by atoms with Crippen molar-refractivity contribution in [3.63, 3.8) is 0 Å². The summed E-state index contributed by atoms with van der Waals surface area (Å²) in [5.41, 5.74) is 8.78. The summed E-state index contributed by atoms with van der Waals surface area (Å²) in [6, 6.07) is 23.3. The van der Waals surface area contributed by atoms with Crippen LogP contribution in [0.15, 0.2) is 84.0 Å². The maximum absolute atomic E-state index is 5.90. The minimum atomic E-state index is 0.390. The first-order valence-corrected chi connectivity index (χ1v) is 8.03. The second kappa shape index (κ2) is 8.49. The van der Waals surface area contributed by atoms with Crippen LogP contribution in [-0.4, -0.2) is 10.9 Å². The summed E-state index contributed by atoms with van der Waals surface area (Å²) in [5, 5.41) is 3.06. The van der Waals surface area contributed by atoms with Gasteiger partial charge < -0.3 is 15.8 Å². The van der Waals surface area contributed by atoms with E-state index in [1.54, 1.807) is 6.20 Å². The van der Waals surface area contributed by atoms with E-state index in [0.29, 0.717) is 19.1 Å². The highest BCUT2D eigenvalue weighted by molar-refractivity contribution is 5.92. The van der Waals surface area contributed by atoms with Gasteiger partial charge in [0.25, 0.3) is 0 Å². The number of para-hydroxylation sites is 1. The molecule has 126 valence electrons. The Morgan fingerprint density at radius 3 is 2.44 bits per heavy atom. The Labute approximate surface area is 147 Å². The van der Waals surface area contributed by atoms with E-state index in [4.69, 9.17) is 10.5 Å². The maximum atomic E-state index is 5.90. The van der Waals surface area contributed by atoms with Crippen LogP contribution in [-0.2, 0) is 13.2 Å². The lowest BCUT2D eigenvalue weighted by atomic mass is 10.2. The third kappa shape index (κ3) is 5.35. The number of aromatic nitrogens is 1. The number of nitrogens with two attached hydrogens (primary N) is 1.